The summed E-state index contributed by atoms with van der Waals surface area (Å²) >= 11 is 5.98. The van der Waals surface area contributed by atoms with E-state index in [1.165, 1.54) is 0 Å². The summed E-state index contributed by atoms with van der Waals surface area (Å²) in [4.78, 5) is 0. The van der Waals surface area contributed by atoms with Crippen molar-refractivity contribution in [1.29, 1.82) is 0 Å². The maximum Gasteiger partial charge on any atom is 0.299 e. The Balaban J connectivity index is 2.93. The summed E-state index contributed by atoms with van der Waals surface area (Å²) in [5.74, 6) is 0. The molecule has 1 rings (SSSR count). The van der Waals surface area contributed by atoms with Gasteiger partial charge in [0.15, 0.2) is 0 Å². The summed E-state index contributed by atoms with van der Waals surface area (Å²) in [6, 6.07) is 5.01. The van der Waals surface area contributed by atoms with Crippen LogP contribution in [0.15, 0.2) is 18.2 Å². The molecule has 0 amide bonds. The van der Waals surface area contributed by atoms with Gasteiger partial charge in [0.05, 0.1) is 10.7 Å². The Hall–Kier alpha value is -0.780. The van der Waals surface area contributed by atoms with Crippen LogP contribution in [0.4, 0.5) is 5.69 Å². The first-order chi connectivity index (χ1) is 7.32. The lowest BCUT2D eigenvalue weighted by Gasteiger charge is -2.13. The second-order valence-electron chi connectivity index (χ2n) is 3.81. The minimum Gasteiger partial charge on any atom is -0.270 e. The maximum atomic E-state index is 11.6. The number of hydrogen-bond acceptors (Lipinski definition) is 2. The van der Waals surface area contributed by atoms with Crippen LogP contribution in [0.3, 0.4) is 0 Å². The van der Waals surface area contributed by atoms with Crippen LogP contribution in [-0.2, 0) is 10.2 Å². The van der Waals surface area contributed by atoms with Crippen LogP contribution >= 0.6 is 11.6 Å². The van der Waals surface area contributed by atoms with Gasteiger partial charge in [0, 0.05) is 6.04 Å². The van der Waals surface area contributed by atoms with E-state index in [0.29, 0.717) is 10.7 Å². The molecule has 16 heavy (non-hydrogen) atoms. The van der Waals surface area contributed by atoms with Crippen molar-refractivity contribution >= 4 is 27.5 Å². The zero-order valence-electron chi connectivity index (χ0n) is 9.41. The van der Waals surface area contributed by atoms with Gasteiger partial charge in [0.25, 0.3) is 10.2 Å². The van der Waals surface area contributed by atoms with Gasteiger partial charge in [-0.05, 0) is 32.4 Å². The van der Waals surface area contributed by atoms with Crippen molar-refractivity contribution in [2.45, 2.75) is 26.8 Å². The molecule has 0 bridgehead atoms. The first-order valence-electron chi connectivity index (χ1n) is 4.87. The molecule has 1 aromatic carbocycles. The summed E-state index contributed by atoms with van der Waals surface area (Å²) in [5, 5.41) is 0.414. The van der Waals surface area contributed by atoms with Gasteiger partial charge < -0.3 is 0 Å². The van der Waals surface area contributed by atoms with Crippen LogP contribution in [0.5, 0.6) is 0 Å². The first-order valence-corrected chi connectivity index (χ1v) is 6.73. The second kappa shape index (κ2) is 5.03. The first kappa shape index (κ1) is 13.3. The smallest absolute Gasteiger partial charge is 0.270 e. The predicted octanol–water partition coefficient (Wildman–Crippen LogP) is 2.30. The molecule has 0 saturated carbocycles. The SMILES string of the molecule is Cc1cccc(NS(=O)(=O)NC(C)C)c1Cl. The van der Waals surface area contributed by atoms with Crippen LogP contribution in [0.25, 0.3) is 0 Å². The highest BCUT2D eigenvalue weighted by Gasteiger charge is 2.13. The number of aryl methyl sites for hydroxylation is 1. The molecular formula is C10H15ClN2O2S. The van der Waals surface area contributed by atoms with Crippen LogP contribution in [0, 0.1) is 6.92 Å². The third kappa shape index (κ3) is 3.66. The molecule has 0 atom stereocenters. The third-order valence-electron chi connectivity index (χ3n) is 1.83. The van der Waals surface area contributed by atoms with E-state index in [4.69, 9.17) is 11.6 Å². The number of anilines is 1. The molecule has 1 aromatic rings. The molecule has 0 heterocycles. The lowest BCUT2D eigenvalue weighted by molar-refractivity contribution is 0.575. The summed E-state index contributed by atoms with van der Waals surface area (Å²) in [7, 11) is -3.56. The molecule has 0 aromatic heterocycles. The van der Waals surface area contributed by atoms with E-state index in [-0.39, 0.29) is 6.04 Å². The van der Waals surface area contributed by atoms with E-state index in [2.05, 4.69) is 9.44 Å². The van der Waals surface area contributed by atoms with Crippen molar-refractivity contribution in [2.24, 2.45) is 0 Å². The molecule has 4 nitrogen and oxygen atoms in total. The fourth-order valence-corrected chi connectivity index (χ4v) is 2.58. The van der Waals surface area contributed by atoms with Crippen LogP contribution in [-0.4, -0.2) is 14.5 Å². The number of hydrogen-bond donors (Lipinski definition) is 2. The topological polar surface area (TPSA) is 58.2 Å². The summed E-state index contributed by atoms with van der Waals surface area (Å²) in [6.45, 7) is 5.31. The Morgan fingerprint density at radius 3 is 2.50 bits per heavy atom. The largest absolute Gasteiger partial charge is 0.299 e. The van der Waals surface area contributed by atoms with Crippen molar-refractivity contribution in [3.63, 3.8) is 0 Å². The zero-order chi connectivity index (χ0) is 12.3. The Morgan fingerprint density at radius 2 is 1.94 bits per heavy atom. The van der Waals surface area contributed by atoms with Gasteiger partial charge in [0.1, 0.15) is 0 Å². The van der Waals surface area contributed by atoms with Gasteiger partial charge in [-0.2, -0.15) is 13.1 Å². The summed E-state index contributed by atoms with van der Waals surface area (Å²) in [5.41, 5.74) is 1.21. The van der Waals surface area contributed by atoms with Crippen molar-refractivity contribution in [1.82, 2.24) is 4.72 Å². The Morgan fingerprint density at radius 1 is 1.31 bits per heavy atom. The van der Waals surface area contributed by atoms with Crippen LogP contribution in [0.1, 0.15) is 19.4 Å². The van der Waals surface area contributed by atoms with Gasteiger partial charge >= 0.3 is 0 Å². The lowest BCUT2D eigenvalue weighted by atomic mass is 10.2. The average molecular weight is 263 g/mol. The molecule has 0 spiro atoms. The Kier molecular flexibility index (Phi) is 4.18. The van der Waals surface area contributed by atoms with Crippen molar-refractivity contribution in [3.8, 4) is 0 Å². The molecule has 0 aliphatic carbocycles. The van der Waals surface area contributed by atoms with E-state index in [1.54, 1.807) is 26.0 Å². The zero-order valence-corrected chi connectivity index (χ0v) is 11.0. The molecular weight excluding hydrogens is 248 g/mol. The molecule has 0 aliphatic rings. The summed E-state index contributed by atoms with van der Waals surface area (Å²) in [6.07, 6.45) is 0. The van der Waals surface area contributed by atoms with Gasteiger partial charge in [-0.3, -0.25) is 4.72 Å². The maximum absolute atomic E-state index is 11.6. The van der Waals surface area contributed by atoms with Crippen molar-refractivity contribution in [2.75, 3.05) is 4.72 Å². The molecule has 0 unspecified atom stereocenters. The van der Waals surface area contributed by atoms with E-state index < -0.39 is 10.2 Å². The number of halogens is 1. The molecule has 6 heteroatoms. The van der Waals surface area contributed by atoms with Gasteiger partial charge in [-0.25, -0.2) is 0 Å². The lowest BCUT2D eigenvalue weighted by Crippen LogP contribution is -2.35. The van der Waals surface area contributed by atoms with Crippen molar-refractivity contribution in [3.05, 3.63) is 28.8 Å². The molecule has 0 aliphatic heterocycles. The standard InChI is InChI=1S/C10H15ClN2O2S/c1-7(2)12-16(14,15)13-9-6-4-5-8(3)10(9)11/h4-7,12-13H,1-3H3. The van der Waals surface area contributed by atoms with E-state index in [1.807, 2.05) is 13.0 Å². The quantitative estimate of drug-likeness (QED) is 0.875. The minimum absolute atomic E-state index is 0.166. The second-order valence-corrected chi connectivity index (χ2v) is 5.64. The number of rotatable bonds is 4. The van der Waals surface area contributed by atoms with Crippen molar-refractivity contribution < 1.29 is 8.42 Å². The minimum atomic E-state index is -3.56. The Labute approximate surface area is 101 Å². The predicted molar refractivity (Wildman–Crippen MR) is 67.0 cm³/mol. The molecule has 0 fully saturated rings. The highest BCUT2D eigenvalue weighted by atomic mass is 35.5. The fraction of sp³-hybridized carbons (Fsp3) is 0.400. The average Bonchev–Trinajstić information content (AvgIpc) is 2.10. The van der Waals surface area contributed by atoms with Crippen LogP contribution < -0.4 is 9.44 Å². The van der Waals surface area contributed by atoms with E-state index >= 15 is 0 Å². The third-order valence-corrected chi connectivity index (χ3v) is 3.60. The normalized spacial score (nSPS) is 11.8. The monoisotopic (exact) mass is 262 g/mol. The van der Waals surface area contributed by atoms with Gasteiger partial charge in [0.2, 0.25) is 0 Å². The van der Waals surface area contributed by atoms with Crippen LogP contribution in [0.2, 0.25) is 5.02 Å². The summed E-state index contributed by atoms with van der Waals surface area (Å²) < 4.78 is 28.0. The highest BCUT2D eigenvalue weighted by Crippen LogP contribution is 2.25. The molecule has 0 saturated heterocycles. The number of nitrogens with one attached hydrogen (secondary N) is 2. The molecule has 90 valence electrons. The fourth-order valence-electron chi connectivity index (χ4n) is 1.21. The van der Waals surface area contributed by atoms with E-state index in [9.17, 15) is 8.42 Å². The van der Waals surface area contributed by atoms with Gasteiger partial charge in [-0.1, -0.05) is 23.7 Å². The van der Waals surface area contributed by atoms with E-state index in [0.717, 1.165) is 5.56 Å². The molecule has 2 N–H and O–H groups in total. The van der Waals surface area contributed by atoms with Gasteiger partial charge in [-0.15, -0.1) is 0 Å². The highest BCUT2D eigenvalue weighted by molar-refractivity contribution is 7.90. The number of benzene rings is 1. The molecule has 0 radical (unpaired) electrons. The Bertz CT molecular complexity index is 472.